The summed E-state index contributed by atoms with van der Waals surface area (Å²) in [5, 5.41) is 3.48. The van der Waals surface area contributed by atoms with Crippen molar-refractivity contribution in [2.45, 2.75) is 62.5 Å². The standard InChI is InChI=1S/C29H26F2N6O7S/c1-16-5-7-20(8-6-16)45(41,42)36-15-22(21-11-17(30)13-33-28(21)36)26-32-14-23(31)27(35-26)34-18-3-2-4-19(12-18)43-29(40)44-37-24(38)9-10-25(37)39/h5-8,11,13-15,18-19H,2-4,9-10,12H2,1H3,(H,32,34,35)/t18-,19+/m0/s1. The molecule has 45 heavy (non-hydrogen) atoms. The number of fused-ring (bicyclic) bond motifs is 1. The summed E-state index contributed by atoms with van der Waals surface area (Å²) < 4.78 is 62.6. The minimum absolute atomic E-state index is 0.0124. The monoisotopic (exact) mass is 640 g/mol. The number of carbonyl (C=O) groups excluding carboxylic acids is 3. The van der Waals surface area contributed by atoms with E-state index < -0.39 is 51.8 Å². The van der Waals surface area contributed by atoms with Crippen molar-refractivity contribution in [2.24, 2.45) is 0 Å². The molecule has 1 aliphatic carbocycles. The van der Waals surface area contributed by atoms with E-state index >= 15 is 0 Å². The van der Waals surface area contributed by atoms with Crippen molar-refractivity contribution >= 4 is 44.8 Å². The lowest BCUT2D eigenvalue weighted by atomic mass is 9.93. The maximum absolute atomic E-state index is 14.9. The van der Waals surface area contributed by atoms with Gasteiger partial charge in [0.25, 0.3) is 21.8 Å². The van der Waals surface area contributed by atoms with E-state index in [0.29, 0.717) is 24.3 Å². The Labute approximate surface area is 255 Å². The van der Waals surface area contributed by atoms with E-state index in [1.165, 1.54) is 18.3 Å². The maximum atomic E-state index is 14.9. The highest BCUT2D eigenvalue weighted by Crippen LogP contribution is 2.32. The normalized spacial score (nSPS) is 18.8. The van der Waals surface area contributed by atoms with Crippen LogP contribution in [0.3, 0.4) is 0 Å². The van der Waals surface area contributed by atoms with Gasteiger partial charge in [0, 0.05) is 42.5 Å². The third kappa shape index (κ3) is 6.05. The number of benzene rings is 1. The number of nitrogens with one attached hydrogen (secondary N) is 1. The van der Waals surface area contributed by atoms with Gasteiger partial charge >= 0.3 is 6.16 Å². The molecule has 1 saturated carbocycles. The molecule has 2 fully saturated rings. The summed E-state index contributed by atoms with van der Waals surface area (Å²) in [6.45, 7) is 1.82. The third-order valence-corrected chi connectivity index (χ3v) is 9.21. The molecule has 1 saturated heterocycles. The fourth-order valence-corrected chi connectivity index (χ4v) is 6.63. The Balaban J connectivity index is 1.24. The van der Waals surface area contributed by atoms with Gasteiger partial charge in [0.1, 0.15) is 11.9 Å². The molecule has 3 aromatic heterocycles. The summed E-state index contributed by atoms with van der Waals surface area (Å²) in [6, 6.07) is 6.88. The number of carbonyl (C=O) groups is 3. The fourth-order valence-electron chi connectivity index (χ4n) is 5.30. The van der Waals surface area contributed by atoms with Gasteiger partial charge in [-0.25, -0.2) is 40.9 Å². The van der Waals surface area contributed by atoms with Crippen LogP contribution in [0.5, 0.6) is 0 Å². The molecular weight excluding hydrogens is 614 g/mol. The minimum atomic E-state index is -4.16. The van der Waals surface area contributed by atoms with E-state index in [2.05, 4.69) is 20.3 Å². The highest BCUT2D eigenvalue weighted by Gasteiger charge is 2.35. The van der Waals surface area contributed by atoms with Crippen LogP contribution in [0, 0.1) is 18.6 Å². The lowest BCUT2D eigenvalue weighted by molar-refractivity contribution is -0.179. The van der Waals surface area contributed by atoms with Crippen LogP contribution >= 0.6 is 0 Å². The van der Waals surface area contributed by atoms with Crippen molar-refractivity contribution in [3.8, 4) is 11.4 Å². The Hall–Kier alpha value is -4.99. The molecule has 13 nitrogen and oxygen atoms in total. The quantitative estimate of drug-likeness (QED) is 0.227. The molecule has 2 amide bonds. The van der Waals surface area contributed by atoms with Crippen LogP contribution in [0.4, 0.5) is 19.4 Å². The topological polar surface area (TPSA) is 163 Å². The third-order valence-electron chi connectivity index (χ3n) is 7.54. The molecule has 0 radical (unpaired) electrons. The molecule has 0 spiro atoms. The Kier molecular flexibility index (Phi) is 7.90. The van der Waals surface area contributed by atoms with Crippen LogP contribution in [-0.2, 0) is 29.2 Å². The van der Waals surface area contributed by atoms with Gasteiger partial charge in [0.15, 0.2) is 23.1 Å². The van der Waals surface area contributed by atoms with Gasteiger partial charge in [0.05, 0.1) is 17.3 Å². The van der Waals surface area contributed by atoms with E-state index in [1.54, 1.807) is 12.1 Å². The number of halogens is 2. The average Bonchev–Trinajstić information content (AvgIpc) is 3.54. The predicted octanol–water partition coefficient (Wildman–Crippen LogP) is 4.26. The van der Waals surface area contributed by atoms with Gasteiger partial charge in [-0.1, -0.05) is 22.8 Å². The number of imide groups is 1. The smallest absolute Gasteiger partial charge is 0.429 e. The molecular formula is C29H26F2N6O7S. The Bertz CT molecular complexity index is 1920. The number of anilines is 1. The van der Waals surface area contributed by atoms with Gasteiger partial charge in [-0.2, -0.15) is 0 Å². The van der Waals surface area contributed by atoms with Gasteiger partial charge < -0.3 is 10.1 Å². The molecule has 0 unspecified atom stereocenters. The van der Waals surface area contributed by atoms with Crippen LogP contribution in [0.15, 0.2) is 53.8 Å². The summed E-state index contributed by atoms with van der Waals surface area (Å²) in [7, 11) is -4.16. The number of aromatic nitrogens is 4. The maximum Gasteiger partial charge on any atom is 0.534 e. The zero-order valence-corrected chi connectivity index (χ0v) is 24.6. The Morgan fingerprint density at radius 2 is 1.78 bits per heavy atom. The lowest BCUT2D eigenvalue weighted by Crippen LogP contribution is -2.37. The summed E-state index contributed by atoms with van der Waals surface area (Å²) in [6.07, 6.45) is 2.93. The van der Waals surface area contributed by atoms with Crippen LogP contribution in [0.2, 0.25) is 0 Å². The summed E-state index contributed by atoms with van der Waals surface area (Å²) in [5.41, 5.74) is 0.901. The van der Waals surface area contributed by atoms with E-state index in [-0.39, 0.29) is 52.4 Å². The van der Waals surface area contributed by atoms with E-state index in [1.807, 2.05) is 6.92 Å². The van der Waals surface area contributed by atoms with Crippen molar-refractivity contribution in [1.29, 1.82) is 0 Å². The van der Waals surface area contributed by atoms with Crippen LogP contribution < -0.4 is 5.32 Å². The highest BCUT2D eigenvalue weighted by atomic mass is 32.2. The molecule has 1 aliphatic heterocycles. The first-order chi connectivity index (χ1) is 21.5. The molecule has 0 bridgehead atoms. The molecule has 2 atom stereocenters. The first kappa shape index (κ1) is 30.1. The highest BCUT2D eigenvalue weighted by molar-refractivity contribution is 7.90. The molecule has 2 aliphatic rings. The zero-order valence-electron chi connectivity index (χ0n) is 23.8. The Morgan fingerprint density at radius 1 is 1.04 bits per heavy atom. The number of hydrogen-bond donors (Lipinski definition) is 1. The van der Waals surface area contributed by atoms with Gasteiger partial charge in [0.2, 0.25) is 0 Å². The lowest BCUT2D eigenvalue weighted by Gasteiger charge is -2.29. The van der Waals surface area contributed by atoms with Crippen molar-refractivity contribution < 1.29 is 41.2 Å². The summed E-state index contributed by atoms with van der Waals surface area (Å²) >= 11 is 0. The van der Waals surface area contributed by atoms with Crippen molar-refractivity contribution in [3.05, 3.63) is 66.1 Å². The van der Waals surface area contributed by atoms with E-state index in [9.17, 15) is 31.6 Å². The second kappa shape index (κ2) is 11.8. The van der Waals surface area contributed by atoms with Crippen LogP contribution in [-0.4, -0.2) is 62.5 Å². The molecule has 6 rings (SSSR count). The molecule has 16 heteroatoms. The molecule has 234 valence electrons. The number of nitrogens with zero attached hydrogens (tertiary/aromatic N) is 5. The summed E-state index contributed by atoms with van der Waals surface area (Å²) in [4.78, 5) is 52.8. The van der Waals surface area contributed by atoms with Gasteiger partial charge in [-0.05, 0) is 44.4 Å². The molecule has 1 aromatic carbocycles. The van der Waals surface area contributed by atoms with Crippen molar-refractivity contribution in [3.63, 3.8) is 0 Å². The average molecular weight is 641 g/mol. The van der Waals surface area contributed by atoms with Crippen molar-refractivity contribution in [2.75, 3.05) is 5.32 Å². The molecule has 1 N–H and O–H groups in total. The summed E-state index contributed by atoms with van der Waals surface area (Å²) in [5.74, 6) is -3.07. The van der Waals surface area contributed by atoms with Gasteiger partial charge in [-0.3, -0.25) is 14.4 Å². The number of amides is 2. The van der Waals surface area contributed by atoms with E-state index in [0.717, 1.165) is 28.0 Å². The van der Waals surface area contributed by atoms with Gasteiger partial charge in [-0.15, -0.1) is 0 Å². The largest absolute Gasteiger partial charge is 0.534 e. The first-order valence-corrected chi connectivity index (χ1v) is 15.5. The van der Waals surface area contributed by atoms with Crippen LogP contribution in [0.25, 0.3) is 22.4 Å². The molecule has 4 heterocycles. The molecule has 4 aromatic rings. The zero-order chi connectivity index (χ0) is 31.9. The first-order valence-electron chi connectivity index (χ1n) is 14.0. The number of pyridine rings is 1. The fraction of sp³-hybridized carbons (Fsp3) is 0.310. The van der Waals surface area contributed by atoms with Crippen molar-refractivity contribution in [1.82, 2.24) is 24.0 Å². The number of rotatable bonds is 7. The van der Waals surface area contributed by atoms with E-state index in [4.69, 9.17) is 9.57 Å². The second-order valence-electron chi connectivity index (χ2n) is 10.7. The Morgan fingerprint density at radius 3 is 2.51 bits per heavy atom. The van der Waals surface area contributed by atoms with Crippen LogP contribution in [0.1, 0.15) is 44.1 Å². The second-order valence-corrected chi connectivity index (χ2v) is 12.6. The number of ether oxygens (including phenoxy) is 1. The minimum Gasteiger partial charge on any atom is -0.429 e. The number of aryl methyl sites for hydroxylation is 1. The predicted molar refractivity (Wildman–Crippen MR) is 153 cm³/mol. The SMILES string of the molecule is Cc1ccc(S(=O)(=O)n2cc(-c3ncc(F)c(N[C@H]4CCC[C@@H](OC(=O)ON5C(=O)CCC5=O)C4)n3)c3cc(F)cnc32)cc1. The number of hydrogen-bond acceptors (Lipinski definition) is 11. The number of hydroxylamine groups is 2.